The first-order chi connectivity index (χ1) is 9.96. The van der Waals surface area contributed by atoms with Gasteiger partial charge < -0.3 is 15.0 Å². The molecule has 21 heavy (non-hydrogen) atoms. The van der Waals surface area contributed by atoms with Gasteiger partial charge in [0, 0.05) is 12.6 Å². The van der Waals surface area contributed by atoms with Crippen molar-refractivity contribution in [1.29, 1.82) is 0 Å². The fourth-order valence-electron chi connectivity index (χ4n) is 3.48. The molecule has 1 rings (SSSR count). The molecule has 0 spiro atoms. The minimum atomic E-state index is -0.576. The third kappa shape index (κ3) is 5.26. The number of ether oxygens (including phenoxy) is 1. The van der Waals surface area contributed by atoms with Crippen LogP contribution in [0.5, 0.6) is 0 Å². The number of carbonyl (C=O) groups excluding carboxylic acids is 1. The van der Waals surface area contributed by atoms with Crippen LogP contribution in [0.2, 0.25) is 0 Å². The average Bonchev–Trinajstić information content (AvgIpc) is 2.93. The molecule has 0 saturated carbocycles. The molecule has 0 aromatic heterocycles. The van der Waals surface area contributed by atoms with Crippen molar-refractivity contribution >= 4 is 5.97 Å². The number of carbonyl (C=O) groups is 1. The molecule has 0 aromatic rings. The Labute approximate surface area is 130 Å². The zero-order chi connectivity index (χ0) is 15.9. The molecule has 0 bridgehead atoms. The molecule has 1 N–H and O–H groups in total. The van der Waals surface area contributed by atoms with E-state index in [2.05, 4.69) is 31.0 Å². The van der Waals surface area contributed by atoms with Crippen molar-refractivity contribution in [3.8, 4) is 0 Å². The van der Waals surface area contributed by atoms with E-state index in [1.165, 1.54) is 32.9 Å². The van der Waals surface area contributed by atoms with Crippen LogP contribution in [0, 0.1) is 5.92 Å². The fourth-order valence-corrected chi connectivity index (χ4v) is 3.48. The number of esters is 1. The maximum Gasteiger partial charge on any atom is 0.325 e. The first-order valence-corrected chi connectivity index (χ1v) is 8.54. The molecule has 1 heterocycles. The largest absolute Gasteiger partial charge is 0.468 e. The second-order valence-corrected chi connectivity index (χ2v) is 6.74. The lowest BCUT2D eigenvalue weighted by Crippen LogP contribution is -2.54. The lowest BCUT2D eigenvalue weighted by atomic mass is 9.92. The molecule has 1 aliphatic rings. The minimum Gasteiger partial charge on any atom is -0.468 e. The summed E-state index contributed by atoms with van der Waals surface area (Å²) in [6, 6.07) is 0.403. The Kier molecular flexibility index (Phi) is 7.67. The fraction of sp³-hybridized carbons (Fsp3) is 0.941. The van der Waals surface area contributed by atoms with E-state index < -0.39 is 5.54 Å². The van der Waals surface area contributed by atoms with E-state index in [9.17, 15) is 4.79 Å². The molecule has 0 aromatic carbocycles. The number of methoxy groups -OCH3 is 1. The average molecular weight is 298 g/mol. The molecule has 3 atom stereocenters. The van der Waals surface area contributed by atoms with Crippen LogP contribution >= 0.6 is 0 Å². The maximum absolute atomic E-state index is 12.2. The number of hydrogen-bond acceptors (Lipinski definition) is 4. The first kappa shape index (κ1) is 18.4. The van der Waals surface area contributed by atoms with Gasteiger partial charge in [-0.1, -0.05) is 20.3 Å². The van der Waals surface area contributed by atoms with Gasteiger partial charge in [-0.15, -0.1) is 0 Å². The molecule has 4 heteroatoms. The van der Waals surface area contributed by atoms with Crippen molar-refractivity contribution in [3.05, 3.63) is 0 Å². The van der Waals surface area contributed by atoms with Gasteiger partial charge in [0.05, 0.1) is 7.11 Å². The third-order valence-corrected chi connectivity index (χ3v) is 4.74. The zero-order valence-corrected chi connectivity index (χ0v) is 14.6. The van der Waals surface area contributed by atoms with Crippen molar-refractivity contribution in [1.82, 2.24) is 10.2 Å². The minimum absolute atomic E-state index is 0.146. The highest BCUT2D eigenvalue weighted by atomic mass is 16.5. The highest BCUT2D eigenvalue weighted by Crippen LogP contribution is 2.26. The predicted octanol–water partition coefficient (Wildman–Crippen LogP) is 2.82. The Morgan fingerprint density at radius 1 is 1.43 bits per heavy atom. The number of hydrogen-bond donors (Lipinski definition) is 1. The Balaban J connectivity index is 2.59. The second-order valence-electron chi connectivity index (χ2n) is 6.74. The standard InChI is InChI=1S/C17H34N2O2/c1-6-8-15-9-11-19(13-15)14(3)12-17(4,16(20)21-5)18-10-7-2/h14-15,18H,6-13H2,1-5H3. The van der Waals surface area contributed by atoms with Crippen LogP contribution in [0.3, 0.4) is 0 Å². The van der Waals surface area contributed by atoms with E-state index >= 15 is 0 Å². The highest BCUT2D eigenvalue weighted by molar-refractivity contribution is 5.80. The van der Waals surface area contributed by atoms with Crippen molar-refractivity contribution in [2.45, 2.75) is 71.4 Å². The van der Waals surface area contributed by atoms with Crippen LogP contribution in [0.15, 0.2) is 0 Å². The summed E-state index contributed by atoms with van der Waals surface area (Å²) in [4.78, 5) is 14.7. The first-order valence-electron chi connectivity index (χ1n) is 8.54. The van der Waals surface area contributed by atoms with E-state index in [1.807, 2.05) is 6.92 Å². The summed E-state index contributed by atoms with van der Waals surface area (Å²) in [5.41, 5.74) is -0.576. The van der Waals surface area contributed by atoms with Crippen molar-refractivity contribution in [2.24, 2.45) is 5.92 Å². The number of rotatable bonds is 9. The third-order valence-electron chi connectivity index (χ3n) is 4.74. The van der Waals surface area contributed by atoms with Gasteiger partial charge in [0.2, 0.25) is 0 Å². The lowest BCUT2D eigenvalue weighted by Gasteiger charge is -2.34. The summed E-state index contributed by atoms with van der Waals surface area (Å²) in [7, 11) is 1.48. The van der Waals surface area contributed by atoms with Crippen LogP contribution in [0.1, 0.15) is 59.8 Å². The summed E-state index contributed by atoms with van der Waals surface area (Å²) in [5.74, 6) is 0.692. The molecule has 0 amide bonds. The molecular weight excluding hydrogens is 264 g/mol. The normalized spacial score (nSPS) is 23.8. The van der Waals surface area contributed by atoms with Crippen LogP contribution in [-0.4, -0.2) is 49.2 Å². The molecule has 4 nitrogen and oxygen atoms in total. The molecular formula is C17H34N2O2. The van der Waals surface area contributed by atoms with Crippen molar-refractivity contribution < 1.29 is 9.53 Å². The zero-order valence-electron chi connectivity index (χ0n) is 14.6. The van der Waals surface area contributed by atoms with Gasteiger partial charge in [-0.05, 0) is 58.5 Å². The molecule has 3 unspecified atom stereocenters. The van der Waals surface area contributed by atoms with E-state index in [0.29, 0.717) is 6.04 Å². The predicted molar refractivity (Wildman–Crippen MR) is 87.4 cm³/mol. The van der Waals surface area contributed by atoms with E-state index in [-0.39, 0.29) is 5.97 Å². The van der Waals surface area contributed by atoms with E-state index in [0.717, 1.165) is 31.8 Å². The van der Waals surface area contributed by atoms with Gasteiger partial charge in [-0.3, -0.25) is 4.79 Å². The van der Waals surface area contributed by atoms with Gasteiger partial charge in [-0.25, -0.2) is 0 Å². The van der Waals surface area contributed by atoms with Crippen molar-refractivity contribution in [3.63, 3.8) is 0 Å². The molecule has 124 valence electrons. The van der Waals surface area contributed by atoms with Crippen molar-refractivity contribution in [2.75, 3.05) is 26.7 Å². The topological polar surface area (TPSA) is 41.6 Å². The molecule has 1 saturated heterocycles. The van der Waals surface area contributed by atoms with Gasteiger partial charge in [0.15, 0.2) is 0 Å². The lowest BCUT2D eigenvalue weighted by molar-refractivity contribution is -0.148. The summed E-state index contributed by atoms with van der Waals surface area (Å²) in [6.07, 6.45) is 5.72. The van der Waals surface area contributed by atoms with Gasteiger partial charge in [0.1, 0.15) is 5.54 Å². The van der Waals surface area contributed by atoms with Gasteiger partial charge >= 0.3 is 5.97 Å². The van der Waals surface area contributed by atoms with E-state index in [1.54, 1.807) is 0 Å². The van der Waals surface area contributed by atoms with Crippen LogP contribution < -0.4 is 5.32 Å². The van der Waals surface area contributed by atoms with Gasteiger partial charge in [-0.2, -0.15) is 0 Å². The van der Waals surface area contributed by atoms with Crippen LogP contribution in [0.25, 0.3) is 0 Å². The molecule has 0 radical (unpaired) electrons. The number of nitrogens with one attached hydrogen (secondary N) is 1. The monoisotopic (exact) mass is 298 g/mol. The summed E-state index contributed by atoms with van der Waals surface area (Å²) >= 11 is 0. The Morgan fingerprint density at radius 3 is 2.71 bits per heavy atom. The van der Waals surface area contributed by atoms with Crippen LogP contribution in [-0.2, 0) is 9.53 Å². The summed E-state index contributed by atoms with van der Waals surface area (Å²) in [6.45, 7) is 11.8. The Bertz CT molecular complexity index is 322. The number of likely N-dealkylation sites (tertiary alicyclic amines) is 1. The maximum atomic E-state index is 12.2. The Hall–Kier alpha value is -0.610. The summed E-state index contributed by atoms with van der Waals surface area (Å²) in [5, 5.41) is 3.39. The van der Waals surface area contributed by atoms with Gasteiger partial charge in [0.25, 0.3) is 0 Å². The second kappa shape index (κ2) is 8.74. The smallest absolute Gasteiger partial charge is 0.325 e. The Morgan fingerprint density at radius 2 is 2.14 bits per heavy atom. The number of nitrogens with zero attached hydrogens (tertiary/aromatic N) is 1. The highest BCUT2D eigenvalue weighted by Gasteiger charge is 2.37. The van der Waals surface area contributed by atoms with E-state index in [4.69, 9.17) is 4.74 Å². The molecule has 1 fully saturated rings. The van der Waals surface area contributed by atoms with Crippen LogP contribution in [0.4, 0.5) is 0 Å². The SMILES string of the molecule is CCCNC(C)(CC(C)N1CCC(CCC)C1)C(=O)OC. The molecule has 1 aliphatic heterocycles. The quantitative estimate of drug-likeness (QED) is 0.665. The summed E-state index contributed by atoms with van der Waals surface area (Å²) < 4.78 is 5.02. The molecule has 0 aliphatic carbocycles.